The molecule has 0 bridgehead atoms. The quantitative estimate of drug-likeness (QED) is 0.673. The van der Waals surface area contributed by atoms with Crippen LogP contribution in [0.4, 0.5) is 11.5 Å². The van der Waals surface area contributed by atoms with Gasteiger partial charge in [0.1, 0.15) is 5.82 Å². The molecular formula is C18H23N5. The summed E-state index contributed by atoms with van der Waals surface area (Å²) in [4.78, 5) is 10.9. The normalized spacial score (nSPS) is 13.7. The highest BCUT2D eigenvalue weighted by atomic mass is 15.1. The molecule has 5 heteroatoms. The molecular weight excluding hydrogens is 286 g/mol. The molecule has 5 nitrogen and oxygen atoms in total. The second kappa shape index (κ2) is 6.69. The minimum Gasteiger partial charge on any atom is -0.370 e. The number of rotatable bonds is 4. The maximum absolute atomic E-state index is 6.00. The van der Waals surface area contributed by atoms with E-state index in [0.29, 0.717) is 12.5 Å². The Hall–Kier alpha value is -2.56. The molecule has 2 aromatic rings. The lowest BCUT2D eigenvalue weighted by Gasteiger charge is -2.11. The van der Waals surface area contributed by atoms with Gasteiger partial charge in [-0.15, -0.1) is 0 Å². The summed E-state index contributed by atoms with van der Waals surface area (Å²) in [5, 5.41) is 3.17. The molecule has 1 heterocycles. The first kappa shape index (κ1) is 15.3. The molecule has 1 aliphatic rings. The lowest BCUT2D eigenvalue weighted by molar-refractivity contribution is 0.912. The van der Waals surface area contributed by atoms with E-state index in [2.05, 4.69) is 33.5 Å². The van der Waals surface area contributed by atoms with Crippen LogP contribution in [0.15, 0.2) is 41.4 Å². The minimum absolute atomic E-state index is 0.417. The molecule has 3 rings (SSSR count). The Morgan fingerprint density at radius 2 is 2.04 bits per heavy atom. The first-order chi connectivity index (χ1) is 11.1. The molecule has 0 atom stereocenters. The number of hydrogen-bond donors (Lipinski definition) is 2. The van der Waals surface area contributed by atoms with Gasteiger partial charge in [0.05, 0.1) is 12.2 Å². The van der Waals surface area contributed by atoms with E-state index in [1.54, 1.807) is 0 Å². The van der Waals surface area contributed by atoms with E-state index < -0.39 is 0 Å². The van der Waals surface area contributed by atoms with Crippen LogP contribution in [0.5, 0.6) is 0 Å². The predicted molar refractivity (Wildman–Crippen MR) is 96.0 cm³/mol. The molecule has 1 aromatic carbocycles. The largest absolute Gasteiger partial charge is 0.370 e. The van der Waals surface area contributed by atoms with Crippen LogP contribution in [0.2, 0.25) is 0 Å². The van der Waals surface area contributed by atoms with E-state index in [4.69, 9.17) is 5.73 Å². The Bertz CT molecular complexity index is 721. The van der Waals surface area contributed by atoms with Crippen LogP contribution < -0.4 is 16.0 Å². The molecule has 0 saturated carbocycles. The van der Waals surface area contributed by atoms with Gasteiger partial charge in [-0.1, -0.05) is 12.1 Å². The summed E-state index contributed by atoms with van der Waals surface area (Å²) >= 11 is 0. The Morgan fingerprint density at radius 3 is 2.87 bits per heavy atom. The lowest BCUT2D eigenvalue weighted by atomic mass is 10.1. The Labute approximate surface area is 137 Å². The van der Waals surface area contributed by atoms with E-state index in [-0.39, 0.29) is 0 Å². The van der Waals surface area contributed by atoms with Crippen LogP contribution in [0, 0.1) is 0 Å². The summed E-state index contributed by atoms with van der Waals surface area (Å²) in [5.74, 6) is 1.34. The topological polar surface area (TPSA) is 66.5 Å². The molecule has 1 aromatic heterocycles. The van der Waals surface area contributed by atoms with Gasteiger partial charge in [-0.05, 0) is 54.7 Å². The SMILES string of the molecule is CN(C)c1cccc(CN=C(N)Nc2ccc3c(c2)CCC3)n1. The molecule has 0 amide bonds. The number of guanidine groups is 1. The molecule has 1 aliphatic carbocycles. The van der Waals surface area contributed by atoms with Crippen LogP contribution in [0.1, 0.15) is 23.2 Å². The zero-order valence-corrected chi connectivity index (χ0v) is 13.7. The summed E-state index contributed by atoms with van der Waals surface area (Å²) in [7, 11) is 3.94. The first-order valence-electron chi connectivity index (χ1n) is 7.94. The molecule has 0 spiro atoms. The van der Waals surface area contributed by atoms with Gasteiger partial charge in [0.2, 0.25) is 0 Å². The number of nitrogens with one attached hydrogen (secondary N) is 1. The third-order valence-corrected chi connectivity index (χ3v) is 4.03. The zero-order valence-electron chi connectivity index (χ0n) is 13.7. The number of anilines is 2. The molecule has 23 heavy (non-hydrogen) atoms. The molecule has 120 valence electrons. The number of nitrogens with two attached hydrogens (primary N) is 1. The van der Waals surface area contributed by atoms with Gasteiger partial charge >= 0.3 is 0 Å². The maximum Gasteiger partial charge on any atom is 0.193 e. The monoisotopic (exact) mass is 309 g/mol. The second-order valence-electron chi connectivity index (χ2n) is 6.05. The summed E-state index contributed by atoms with van der Waals surface area (Å²) in [6, 6.07) is 12.3. The maximum atomic E-state index is 6.00. The highest BCUT2D eigenvalue weighted by molar-refractivity contribution is 5.92. The van der Waals surface area contributed by atoms with Gasteiger partial charge in [0.25, 0.3) is 0 Å². The fourth-order valence-electron chi connectivity index (χ4n) is 2.81. The number of fused-ring (bicyclic) bond motifs is 1. The van der Waals surface area contributed by atoms with Crippen molar-refractivity contribution in [1.29, 1.82) is 0 Å². The number of benzene rings is 1. The number of nitrogens with zero attached hydrogens (tertiary/aromatic N) is 3. The smallest absolute Gasteiger partial charge is 0.193 e. The number of aliphatic imine (C=N–C) groups is 1. The van der Waals surface area contributed by atoms with Crippen LogP contribution >= 0.6 is 0 Å². The summed E-state index contributed by atoms with van der Waals surface area (Å²) in [6.07, 6.45) is 3.59. The molecule has 0 unspecified atom stereocenters. The van der Waals surface area contributed by atoms with Crippen molar-refractivity contribution in [1.82, 2.24) is 4.98 Å². The van der Waals surface area contributed by atoms with Crippen LogP contribution in [0.3, 0.4) is 0 Å². The molecule has 0 fully saturated rings. The van der Waals surface area contributed by atoms with Crippen LogP contribution in [0.25, 0.3) is 0 Å². The van der Waals surface area contributed by atoms with Gasteiger partial charge in [0.15, 0.2) is 5.96 Å². The second-order valence-corrected chi connectivity index (χ2v) is 6.05. The van der Waals surface area contributed by atoms with Crippen molar-refractivity contribution in [3.63, 3.8) is 0 Å². The van der Waals surface area contributed by atoms with Gasteiger partial charge in [0, 0.05) is 19.8 Å². The molecule has 0 aliphatic heterocycles. The number of aryl methyl sites for hydroxylation is 2. The predicted octanol–water partition coefficient (Wildman–Crippen LogP) is 2.56. The van der Waals surface area contributed by atoms with Gasteiger partial charge in [-0.3, -0.25) is 0 Å². The van der Waals surface area contributed by atoms with E-state index >= 15 is 0 Å². The summed E-state index contributed by atoms with van der Waals surface area (Å²) in [6.45, 7) is 0.464. The third kappa shape index (κ3) is 3.80. The van der Waals surface area contributed by atoms with E-state index in [0.717, 1.165) is 23.6 Å². The van der Waals surface area contributed by atoms with Crippen molar-refractivity contribution in [2.45, 2.75) is 25.8 Å². The van der Waals surface area contributed by atoms with E-state index in [1.807, 2.05) is 37.2 Å². The van der Waals surface area contributed by atoms with Crippen molar-refractivity contribution >= 4 is 17.5 Å². The molecule has 0 radical (unpaired) electrons. The highest BCUT2D eigenvalue weighted by Gasteiger charge is 2.10. The van der Waals surface area contributed by atoms with Gasteiger partial charge < -0.3 is 16.0 Å². The van der Waals surface area contributed by atoms with Crippen LogP contribution in [-0.2, 0) is 19.4 Å². The van der Waals surface area contributed by atoms with Gasteiger partial charge in [-0.25, -0.2) is 9.98 Å². The molecule has 0 saturated heterocycles. The number of pyridine rings is 1. The van der Waals surface area contributed by atoms with Crippen molar-refractivity contribution < 1.29 is 0 Å². The van der Waals surface area contributed by atoms with Crippen LogP contribution in [-0.4, -0.2) is 25.0 Å². The standard InChI is InChI=1S/C18H23N5/c1-23(2)17-8-4-7-16(21-17)12-20-18(19)22-15-10-9-13-5-3-6-14(13)11-15/h4,7-11H,3,5-6,12H2,1-2H3,(H3,19,20,22). The first-order valence-corrected chi connectivity index (χ1v) is 7.94. The van der Waals surface area contributed by atoms with E-state index in [1.165, 1.54) is 24.0 Å². The average Bonchev–Trinajstić information content (AvgIpc) is 3.01. The van der Waals surface area contributed by atoms with E-state index in [9.17, 15) is 0 Å². The Balaban J connectivity index is 1.65. The van der Waals surface area contributed by atoms with Crippen molar-refractivity contribution in [2.24, 2.45) is 10.7 Å². The molecule has 3 N–H and O–H groups in total. The lowest BCUT2D eigenvalue weighted by Crippen LogP contribution is -2.22. The number of aromatic nitrogens is 1. The zero-order chi connectivity index (χ0) is 16.2. The summed E-state index contributed by atoms with van der Waals surface area (Å²) < 4.78 is 0. The number of hydrogen-bond acceptors (Lipinski definition) is 3. The fraction of sp³-hybridized carbons (Fsp3) is 0.333. The Morgan fingerprint density at radius 1 is 1.22 bits per heavy atom. The third-order valence-electron chi connectivity index (χ3n) is 4.03. The Kier molecular flexibility index (Phi) is 4.46. The average molecular weight is 309 g/mol. The summed E-state index contributed by atoms with van der Waals surface area (Å²) in [5.41, 5.74) is 10.8. The van der Waals surface area contributed by atoms with Crippen molar-refractivity contribution in [3.8, 4) is 0 Å². The van der Waals surface area contributed by atoms with Crippen molar-refractivity contribution in [3.05, 3.63) is 53.2 Å². The van der Waals surface area contributed by atoms with Gasteiger partial charge in [-0.2, -0.15) is 0 Å². The highest BCUT2D eigenvalue weighted by Crippen LogP contribution is 2.24. The fourth-order valence-corrected chi connectivity index (χ4v) is 2.81. The minimum atomic E-state index is 0.417. The van der Waals surface area contributed by atoms with Crippen molar-refractivity contribution in [2.75, 3.05) is 24.3 Å².